The van der Waals surface area contributed by atoms with E-state index >= 15 is 0 Å². The number of hydrogen-bond donors (Lipinski definition) is 3. The Morgan fingerprint density at radius 3 is 2.76 bits per heavy atom. The van der Waals surface area contributed by atoms with Crippen molar-refractivity contribution in [2.75, 3.05) is 18.9 Å². The molecule has 1 aliphatic rings. The van der Waals surface area contributed by atoms with Gasteiger partial charge in [-0.25, -0.2) is 9.59 Å². The van der Waals surface area contributed by atoms with Gasteiger partial charge >= 0.3 is 12.1 Å². The number of carbonyl (C=O) groups is 3. The van der Waals surface area contributed by atoms with Crippen molar-refractivity contribution < 1.29 is 14.4 Å². The summed E-state index contributed by atoms with van der Waals surface area (Å²) in [6.45, 7) is 2.55. The summed E-state index contributed by atoms with van der Waals surface area (Å²) in [6, 6.07) is 5.42. The monoisotopic (exact) mass is 290 g/mol. The van der Waals surface area contributed by atoms with Gasteiger partial charge in [0, 0.05) is 19.3 Å². The maximum atomic E-state index is 11.9. The fourth-order valence-corrected chi connectivity index (χ4v) is 2.01. The van der Waals surface area contributed by atoms with Gasteiger partial charge in [-0.2, -0.15) is 0 Å². The first-order valence-electron chi connectivity index (χ1n) is 6.75. The molecule has 1 heterocycles. The number of urea groups is 2. The molecule has 3 N–H and O–H groups in total. The summed E-state index contributed by atoms with van der Waals surface area (Å²) in [6.07, 6.45) is 0.850. The molecule has 2 rings (SSSR count). The van der Waals surface area contributed by atoms with Crippen molar-refractivity contribution in [1.82, 2.24) is 15.5 Å². The Morgan fingerprint density at radius 2 is 2.14 bits per heavy atom. The molecule has 112 valence electrons. The summed E-state index contributed by atoms with van der Waals surface area (Å²) in [5, 5.41) is 7.98. The van der Waals surface area contributed by atoms with Crippen molar-refractivity contribution in [2.24, 2.45) is 0 Å². The first-order chi connectivity index (χ1) is 10.0. The number of rotatable bonds is 4. The number of hydrogen-bond acceptors (Lipinski definition) is 3. The largest absolute Gasteiger partial charge is 0.338 e. The molecule has 1 unspecified atom stereocenters. The van der Waals surface area contributed by atoms with Gasteiger partial charge in [0.05, 0.1) is 0 Å². The minimum absolute atomic E-state index is 0.298. The molecule has 1 atom stereocenters. The molecule has 0 aliphatic carbocycles. The van der Waals surface area contributed by atoms with Crippen LogP contribution in [0.25, 0.3) is 0 Å². The van der Waals surface area contributed by atoms with Gasteiger partial charge in [-0.3, -0.25) is 9.69 Å². The first kappa shape index (κ1) is 14.8. The van der Waals surface area contributed by atoms with E-state index in [1.54, 1.807) is 24.3 Å². The smallest absolute Gasteiger partial charge is 0.324 e. The van der Waals surface area contributed by atoms with Crippen molar-refractivity contribution >= 4 is 23.7 Å². The van der Waals surface area contributed by atoms with Crippen LogP contribution >= 0.6 is 0 Å². The molecular weight excluding hydrogens is 272 g/mol. The van der Waals surface area contributed by atoms with E-state index in [2.05, 4.69) is 16.0 Å². The van der Waals surface area contributed by atoms with E-state index in [0.717, 1.165) is 11.3 Å². The average Bonchev–Trinajstić information content (AvgIpc) is 2.73. The van der Waals surface area contributed by atoms with Crippen molar-refractivity contribution in [1.29, 1.82) is 0 Å². The highest BCUT2D eigenvalue weighted by Crippen LogP contribution is 2.23. The van der Waals surface area contributed by atoms with Crippen LogP contribution in [0.2, 0.25) is 0 Å². The van der Waals surface area contributed by atoms with Gasteiger partial charge in [0.15, 0.2) is 0 Å². The van der Waals surface area contributed by atoms with E-state index in [0.29, 0.717) is 17.8 Å². The van der Waals surface area contributed by atoms with E-state index < -0.39 is 12.1 Å². The van der Waals surface area contributed by atoms with Gasteiger partial charge in [-0.05, 0) is 24.1 Å². The Bertz CT molecular complexity index is 573. The third-order valence-corrected chi connectivity index (χ3v) is 3.16. The average molecular weight is 290 g/mol. The van der Waals surface area contributed by atoms with Crippen LogP contribution in [0.5, 0.6) is 0 Å². The van der Waals surface area contributed by atoms with Crippen LogP contribution in [0.15, 0.2) is 24.3 Å². The number of carbonyl (C=O) groups excluding carboxylic acids is 3. The number of imide groups is 1. The van der Waals surface area contributed by atoms with Crippen LogP contribution in [0.4, 0.5) is 15.3 Å². The van der Waals surface area contributed by atoms with E-state index in [9.17, 15) is 14.4 Å². The maximum Gasteiger partial charge on any atom is 0.324 e. The quantitative estimate of drug-likeness (QED) is 0.733. The van der Waals surface area contributed by atoms with Gasteiger partial charge < -0.3 is 16.0 Å². The highest BCUT2D eigenvalue weighted by Gasteiger charge is 2.36. The molecule has 0 radical (unpaired) electrons. The molecule has 21 heavy (non-hydrogen) atoms. The molecule has 1 fully saturated rings. The molecule has 1 saturated heterocycles. The molecule has 1 aromatic rings. The fourth-order valence-electron chi connectivity index (χ4n) is 2.01. The Hall–Kier alpha value is -2.57. The second-order valence-electron chi connectivity index (χ2n) is 4.79. The lowest BCUT2D eigenvalue weighted by Crippen LogP contribution is -2.29. The Labute approximate surface area is 122 Å². The Morgan fingerprint density at radius 1 is 1.38 bits per heavy atom. The lowest BCUT2D eigenvalue weighted by Gasteiger charge is -2.11. The number of benzene rings is 1. The van der Waals surface area contributed by atoms with Crippen molar-refractivity contribution in [3.05, 3.63) is 29.8 Å². The van der Waals surface area contributed by atoms with Crippen molar-refractivity contribution in [3.8, 4) is 0 Å². The molecule has 0 aromatic heterocycles. The molecule has 0 spiro atoms. The Kier molecular flexibility index (Phi) is 4.42. The van der Waals surface area contributed by atoms with Crippen LogP contribution in [-0.2, 0) is 4.79 Å². The molecule has 7 heteroatoms. The predicted molar refractivity (Wildman–Crippen MR) is 77.8 cm³/mol. The lowest BCUT2D eigenvalue weighted by atomic mass is 10.1. The molecular formula is C14H18N4O3. The number of likely N-dealkylation sites (N-methyl/N-ethyl adjacent to an activating group) is 1. The van der Waals surface area contributed by atoms with Crippen LogP contribution in [-0.4, -0.2) is 36.5 Å². The number of nitrogens with zero attached hydrogens (tertiary/aromatic N) is 1. The first-order valence-corrected chi connectivity index (χ1v) is 6.75. The summed E-state index contributed by atoms with van der Waals surface area (Å²) in [7, 11) is 1.43. The van der Waals surface area contributed by atoms with E-state index in [4.69, 9.17) is 0 Å². The van der Waals surface area contributed by atoms with Gasteiger partial charge in [0.25, 0.3) is 5.91 Å². The lowest BCUT2D eigenvalue weighted by molar-refractivity contribution is -0.126. The number of nitrogens with one attached hydrogen (secondary N) is 3. The van der Waals surface area contributed by atoms with E-state index in [-0.39, 0.29) is 11.9 Å². The zero-order valence-corrected chi connectivity index (χ0v) is 12.0. The predicted octanol–water partition coefficient (Wildman–Crippen LogP) is 1.44. The summed E-state index contributed by atoms with van der Waals surface area (Å²) in [5.74, 6) is -0.312. The second-order valence-corrected chi connectivity index (χ2v) is 4.79. The summed E-state index contributed by atoms with van der Waals surface area (Å²) in [5.41, 5.74) is 1.20. The third kappa shape index (κ3) is 3.31. The van der Waals surface area contributed by atoms with Crippen molar-refractivity contribution in [2.45, 2.75) is 19.4 Å². The minimum atomic E-state index is -0.706. The van der Waals surface area contributed by atoms with Gasteiger partial charge in [0.2, 0.25) is 0 Å². The van der Waals surface area contributed by atoms with Gasteiger partial charge in [-0.15, -0.1) is 0 Å². The van der Waals surface area contributed by atoms with Crippen LogP contribution in [0.1, 0.15) is 24.9 Å². The summed E-state index contributed by atoms with van der Waals surface area (Å²) >= 11 is 0. The highest BCUT2D eigenvalue weighted by molar-refractivity contribution is 6.04. The molecule has 1 aliphatic heterocycles. The summed E-state index contributed by atoms with van der Waals surface area (Å²) in [4.78, 5) is 36.0. The van der Waals surface area contributed by atoms with E-state index in [1.807, 2.05) is 6.92 Å². The molecule has 0 bridgehead atoms. The third-order valence-electron chi connectivity index (χ3n) is 3.16. The van der Waals surface area contributed by atoms with Crippen LogP contribution < -0.4 is 16.0 Å². The van der Waals surface area contributed by atoms with E-state index in [1.165, 1.54) is 7.05 Å². The zero-order chi connectivity index (χ0) is 15.4. The normalized spacial score (nSPS) is 17.6. The second kappa shape index (κ2) is 6.25. The zero-order valence-electron chi connectivity index (χ0n) is 12.0. The molecule has 1 aromatic carbocycles. The van der Waals surface area contributed by atoms with Gasteiger partial charge in [-0.1, -0.05) is 19.1 Å². The highest BCUT2D eigenvalue weighted by atomic mass is 16.2. The number of anilines is 1. The summed E-state index contributed by atoms with van der Waals surface area (Å²) < 4.78 is 0. The minimum Gasteiger partial charge on any atom is -0.338 e. The van der Waals surface area contributed by atoms with Crippen molar-refractivity contribution in [3.63, 3.8) is 0 Å². The SMILES string of the molecule is CCCNC(=O)Nc1cccc(C2NC(=O)N(C)C2=O)c1. The molecule has 0 saturated carbocycles. The number of amides is 5. The van der Waals surface area contributed by atoms with Crippen LogP contribution in [0.3, 0.4) is 0 Å². The van der Waals surface area contributed by atoms with Crippen LogP contribution in [0, 0.1) is 0 Å². The molecule has 5 amide bonds. The standard InChI is InChI=1S/C14H18N4O3/c1-3-7-15-13(20)16-10-6-4-5-9(8-10)11-12(19)18(2)14(21)17-11/h4-6,8,11H,3,7H2,1-2H3,(H,17,21)(H2,15,16,20). The topological polar surface area (TPSA) is 90.5 Å². The molecule has 7 nitrogen and oxygen atoms in total. The maximum absolute atomic E-state index is 11.9. The fraction of sp³-hybridized carbons (Fsp3) is 0.357. The Balaban J connectivity index is 2.10. The van der Waals surface area contributed by atoms with Gasteiger partial charge in [0.1, 0.15) is 6.04 Å².